The molecule has 6 rings (SSSR count). The number of carbonyl (C=O) groups excluding carboxylic acids is 3. The number of fused-ring (bicyclic) bond motifs is 1. The van der Waals surface area contributed by atoms with Crippen molar-refractivity contribution < 1.29 is 19.1 Å². The van der Waals surface area contributed by atoms with E-state index in [9.17, 15) is 14.4 Å². The standard InChI is InChI=1S/C33H28N4O4S2/c1-21-26(35-36-43-21)18-17-25-20-42-32-28(34-27(38)19-22-11-5-2-6-12-22)31(39)37(32)29(25)33(40)41-30(23-13-7-3-8-14-23)24-15-9-4-10-16-24/h2-18,28,30,32H,19-20H2,1H3,(H,34,38)/b18-17+/t28?,32-/m1/s1. The van der Waals surface area contributed by atoms with Crippen molar-refractivity contribution in [3.05, 3.63) is 136 Å². The number of thioether (sulfide) groups is 1. The summed E-state index contributed by atoms with van der Waals surface area (Å²) in [6, 6.07) is 27.6. The number of hydrogen-bond acceptors (Lipinski definition) is 8. The molecule has 0 saturated carbocycles. The van der Waals surface area contributed by atoms with Crippen LogP contribution in [0.4, 0.5) is 0 Å². The SMILES string of the molecule is Cc1snnc1/C=C/C1=C(C(=O)OC(c2ccccc2)c2ccccc2)N2C(=O)C(NC(=O)Cc3ccccc3)[C@H]2SC1. The number of β-lactam (4-membered cyclic amide) rings is 1. The summed E-state index contributed by atoms with van der Waals surface area (Å²) in [5, 5.41) is 6.60. The van der Waals surface area contributed by atoms with Crippen LogP contribution in [0.25, 0.3) is 6.08 Å². The maximum atomic E-state index is 14.1. The average Bonchev–Trinajstić information content (AvgIpc) is 3.46. The smallest absolute Gasteiger partial charge is 0.356 e. The Morgan fingerprint density at radius 1 is 0.977 bits per heavy atom. The minimum Gasteiger partial charge on any atom is -0.448 e. The van der Waals surface area contributed by atoms with Gasteiger partial charge in [-0.15, -0.1) is 16.9 Å². The van der Waals surface area contributed by atoms with Crippen molar-refractivity contribution in [2.75, 3.05) is 5.75 Å². The highest BCUT2D eigenvalue weighted by molar-refractivity contribution is 8.00. The molecule has 1 unspecified atom stereocenters. The molecule has 2 amide bonds. The first-order valence-electron chi connectivity index (χ1n) is 13.8. The van der Waals surface area contributed by atoms with Gasteiger partial charge in [0.05, 0.1) is 6.42 Å². The molecule has 0 spiro atoms. The molecule has 1 fully saturated rings. The lowest BCUT2D eigenvalue weighted by Gasteiger charge is -2.49. The maximum absolute atomic E-state index is 14.1. The summed E-state index contributed by atoms with van der Waals surface area (Å²) in [5.74, 6) is -0.765. The number of carbonyl (C=O) groups is 3. The van der Waals surface area contributed by atoms with Crippen LogP contribution < -0.4 is 5.32 Å². The Kier molecular flexibility index (Phi) is 8.48. The molecule has 3 heterocycles. The summed E-state index contributed by atoms with van der Waals surface area (Å²) in [5.41, 5.74) is 4.00. The molecule has 43 heavy (non-hydrogen) atoms. The number of ether oxygens (including phenoxy) is 1. The Labute approximate surface area is 257 Å². The summed E-state index contributed by atoms with van der Waals surface area (Å²) >= 11 is 2.79. The molecule has 1 saturated heterocycles. The third-order valence-electron chi connectivity index (χ3n) is 7.27. The van der Waals surface area contributed by atoms with Gasteiger partial charge in [-0.2, -0.15) is 0 Å². The lowest BCUT2D eigenvalue weighted by molar-refractivity contribution is -0.154. The van der Waals surface area contributed by atoms with Crippen LogP contribution in [0.5, 0.6) is 0 Å². The normalized spacial score (nSPS) is 18.0. The van der Waals surface area contributed by atoms with Crippen LogP contribution in [0.1, 0.15) is 33.4 Å². The quantitative estimate of drug-likeness (QED) is 0.209. The number of rotatable bonds is 9. The Hall–Kier alpha value is -4.54. The van der Waals surface area contributed by atoms with E-state index in [2.05, 4.69) is 14.9 Å². The summed E-state index contributed by atoms with van der Waals surface area (Å²) in [7, 11) is 0. The Morgan fingerprint density at radius 2 is 1.60 bits per heavy atom. The van der Waals surface area contributed by atoms with Crippen LogP contribution in [0.15, 0.2) is 108 Å². The molecule has 2 aliphatic rings. The molecule has 10 heteroatoms. The van der Waals surface area contributed by atoms with Gasteiger partial charge in [0.15, 0.2) is 6.10 Å². The number of nitrogens with one attached hydrogen (secondary N) is 1. The van der Waals surface area contributed by atoms with E-state index in [-0.39, 0.29) is 23.9 Å². The Morgan fingerprint density at radius 3 is 2.21 bits per heavy atom. The molecule has 2 atom stereocenters. The molecular weight excluding hydrogens is 581 g/mol. The topological polar surface area (TPSA) is 101 Å². The van der Waals surface area contributed by atoms with Gasteiger partial charge in [0.2, 0.25) is 5.91 Å². The number of amides is 2. The highest BCUT2D eigenvalue weighted by atomic mass is 32.2. The number of aromatic nitrogens is 2. The number of benzene rings is 3. The van der Waals surface area contributed by atoms with Crippen LogP contribution in [0, 0.1) is 6.92 Å². The van der Waals surface area contributed by atoms with Crippen molar-refractivity contribution >= 4 is 47.2 Å². The molecule has 0 bridgehead atoms. The van der Waals surface area contributed by atoms with Crippen molar-refractivity contribution in [2.45, 2.75) is 30.9 Å². The zero-order chi connectivity index (χ0) is 29.8. The fourth-order valence-corrected chi connectivity index (χ4v) is 6.86. The third-order valence-corrected chi connectivity index (χ3v) is 9.22. The number of allylic oxidation sites excluding steroid dienone is 1. The highest BCUT2D eigenvalue weighted by Gasteiger charge is 2.54. The predicted octanol–water partition coefficient (Wildman–Crippen LogP) is 5.09. The van der Waals surface area contributed by atoms with E-state index in [0.29, 0.717) is 17.0 Å². The van der Waals surface area contributed by atoms with Crippen LogP contribution in [-0.4, -0.2) is 49.4 Å². The van der Waals surface area contributed by atoms with Crippen molar-refractivity contribution in [2.24, 2.45) is 0 Å². The fraction of sp³-hybridized carbons (Fsp3) is 0.182. The van der Waals surface area contributed by atoms with Crippen molar-refractivity contribution in [1.82, 2.24) is 19.8 Å². The van der Waals surface area contributed by atoms with Crippen molar-refractivity contribution in [1.29, 1.82) is 0 Å². The zero-order valence-corrected chi connectivity index (χ0v) is 24.9. The van der Waals surface area contributed by atoms with Gasteiger partial charge in [-0.3, -0.25) is 14.5 Å². The van der Waals surface area contributed by atoms with Gasteiger partial charge >= 0.3 is 5.97 Å². The Bertz CT molecular complexity index is 1650. The molecule has 0 radical (unpaired) electrons. The molecule has 0 aliphatic carbocycles. The van der Waals surface area contributed by atoms with Crippen LogP contribution in [0.2, 0.25) is 0 Å². The molecule has 8 nitrogen and oxygen atoms in total. The molecule has 4 aromatic rings. The lowest BCUT2D eigenvalue weighted by atomic mass is 10.00. The van der Waals surface area contributed by atoms with Gasteiger partial charge in [-0.1, -0.05) is 102 Å². The minimum atomic E-state index is -0.737. The maximum Gasteiger partial charge on any atom is 0.356 e. The molecule has 1 N–H and O–H groups in total. The first-order chi connectivity index (χ1) is 21.0. The summed E-state index contributed by atoms with van der Waals surface area (Å²) in [6.45, 7) is 1.92. The second-order valence-corrected chi connectivity index (χ2v) is 12.2. The third kappa shape index (κ3) is 6.16. The molecule has 3 aromatic carbocycles. The van der Waals surface area contributed by atoms with Gasteiger partial charge in [0, 0.05) is 10.6 Å². The number of aryl methyl sites for hydroxylation is 1. The number of hydrogen-bond donors (Lipinski definition) is 1. The van der Waals surface area contributed by atoms with Gasteiger partial charge in [-0.05, 0) is 46.8 Å². The predicted molar refractivity (Wildman–Crippen MR) is 167 cm³/mol. The first kappa shape index (κ1) is 28.6. The minimum absolute atomic E-state index is 0.164. The average molecular weight is 609 g/mol. The zero-order valence-electron chi connectivity index (χ0n) is 23.3. The van der Waals surface area contributed by atoms with E-state index in [1.54, 1.807) is 12.2 Å². The number of nitrogens with zero attached hydrogens (tertiary/aromatic N) is 3. The molecule has 216 valence electrons. The van der Waals surface area contributed by atoms with Gasteiger partial charge in [-0.25, -0.2) is 4.79 Å². The van der Waals surface area contributed by atoms with Gasteiger partial charge in [0.25, 0.3) is 5.91 Å². The van der Waals surface area contributed by atoms with Crippen molar-refractivity contribution in [3.63, 3.8) is 0 Å². The van der Waals surface area contributed by atoms with Crippen LogP contribution in [0.3, 0.4) is 0 Å². The molecular formula is C33H28N4O4S2. The van der Waals surface area contributed by atoms with Crippen molar-refractivity contribution in [3.8, 4) is 0 Å². The van der Waals surface area contributed by atoms with E-state index < -0.39 is 23.5 Å². The molecule has 2 aliphatic heterocycles. The Balaban J connectivity index is 1.29. The highest BCUT2D eigenvalue weighted by Crippen LogP contribution is 2.42. The molecule has 1 aromatic heterocycles. The van der Waals surface area contributed by atoms with Crippen LogP contribution in [-0.2, 0) is 25.5 Å². The second-order valence-electron chi connectivity index (χ2n) is 10.1. The van der Waals surface area contributed by atoms with E-state index in [1.807, 2.05) is 97.9 Å². The summed E-state index contributed by atoms with van der Waals surface area (Å²) in [4.78, 5) is 42.9. The van der Waals surface area contributed by atoms with Gasteiger partial charge in [0.1, 0.15) is 22.8 Å². The largest absolute Gasteiger partial charge is 0.448 e. The van der Waals surface area contributed by atoms with Gasteiger partial charge < -0.3 is 10.1 Å². The van der Waals surface area contributed by atoms with E-state index >= 15 is 0 Å². The monoisotopic (exact) mass is 608 g/mol. The van der Waals surface area contributed by atoms with E-state index in [0.717, 1.165) is 21.6 Å². The summed E-state index contributed by atoms with van der Waals surface area (Å²) < 4.78 is 10.2. The first-order valence-corrected chi connectivity index (χ1v) is 15.6. The van der Waals surface area contributed by atoms with E-state index in [4.69, 9.17) is 4.74 Å². The summed E-state index contributed by atoms with van der Waals surface area (Å²) in [6.07, 6.45) is 3.09. The van der Waals surface area contributed by atoms with E-state index in [1.165, 1.54) is 28.2 Å². The van der Waals surface area contributed by atoms with Crippen LogP contribution >= 0.6 is 23.3 Å². The fourth-order valence-electron chi connectivity index (χ4n) is 5.09. The number of esters is 1. The second kappa shape index (κ2) is 12.8. The lowest BCUT2D eigenvalue weighted by Crippen LogP contribution is -2.70.